The van der Waals surface area contributed by atoms with E-state index in [1.165, 1.54) is 12.8 Å². The lowest BCUT2D eigenvalue weighted by molar-refractivity contribution is -0.143. The molecule has 0 aromatic carbocycles. The van der Waals surface area contributed by atoms with Gasteiger partial charge in [0.05, 0.1) is 18.7 Å². The highest BCUT2D eigenvalue weighted by molar-refractivity contribution is 7.13. The van der Waals surface area contributed by atoms with Crippen LogP contribution in [-0.2, 0) is 16.0 Å². The van der Waals surface area contributed by atoms with Crippen LogP contribution < -0.4 is 4.90 Å². The number of nitrogens with zero attached hydrogens (tertiary/aromatic N) is 2. The number of ether oxygens (including phenoxy) is 1. The van der Waals surface area contributed by atoms with Crippen molar-refractivity contribution in [1.82, 2.24) is 4.98 Å². The first-order valence-electron chi connectivity index (χ1n) is 7.46. The van der Waals surface area contributed by atoms with Gasteiger partial charge in [-0.05, 0) is 32.6 Å². The Balaban J connectivity index is 1.92. The first kappa shape index (κ1) is 15.3. The lowest BCUT2D eigenvalue weighted by atomic mass is 9.96. The first-order chi connectivity index (χ1) is 9.60. The summed E-state index contributed by atoms with van der Waals surface area (Å²) in [5.74, 6) is 0.597. The molecule has 1 fully saturated rings. The minimum Gasteiger partial charge on any atom is -0.466 e. The third-order valence-electron chi connectivity index (χ3n) is 3.79. The molecule has 1 aliphatic rings. The Morgan fingerprint density at radius 3 is 3.05 bits per heavy atom. The van der Waals surface area contributed by atoms with Gasteiger partial charge < -0.3 is 9.64 Å². The van der Waals surface area contributed by atoms with E-state index in [2.05, 4.69) is 29.1 Å². The molecule has 2 unspecified atom stereocenters. The molecule has 2 heterocycles. The number of esters is 1. The molecule has 0 amide bonds. The van der Waals surface area contributed by atoms with Crippen LogP contribution in [0.1, 0.15) is 45.7 Å². The molecule has 0 saturated carbocycles. The monoisotopic (exact) mass is 296 g/mol. The van der Waals surface area contributed by atoms with Crippen molar-refractivity contribution in [1.29, 1.82) is 0 Å². The van der Waals surface area contributed by atoms with E-state index in [0.29, 0.717) is 25.5 Å². The zero-order chi connectivity index (χ0) is 14.5. The fourth-order valence-corrected chi connectivity index (χ4v) is 3.53. The largest absolute Gasteiger partial charge is 0.466 e. The van der Waals surface area contributed by atoms with Crippen molar-refractivity contribution in [3.05, 3.63) is 11.1 Å². The van der Waals surface area contributed by atoms with Gasteiger partial charge in [0.2, 0.25) is 0 Å². The van der Waals surface area contributed by atoms with Crippen LogP contribution in [0.15, 0.2) is 5.38 Å². The Hall–Kier alpha value is -1.10. The lowest BCUT2D eigenvalue weighted by Crippen LogP contribution is -2.41. The predicted octanol–water partition coefficient (Wildman–Crippen LogP) is 3.26. The normalized spacial score (nSPS) is 22.9. The molecule has 0 bridgehead atoms. The van der Waals surface area contributed by atoms with Gasteiger partial charge in [-0.3, -0.25) is 4.79 Å². The summed E-state index contributed by atoms with van der Waals surface area (Å²) in [5, 5.41) is 3.17. The van der Waals surface area contributed by atoms with Gasteiger partial charge in [0.25, 0.3) is 0 Å². The smallest absolute Gasteiger partial charge is 0.306 e. The molecule has 1 aliphatic heterocycles. The average Bonchev–Trinajstić information content (AvgIpc) is 2.88. The summed E-state index contributed by atoms with van der Waals surface area (Å²) in [5.41, 5.74) is 1.00. The highest BCUT2D eigenvalue weighted by atomic mass is 32.1. The van der Waals surface area contributed by atoms with Crippen molar-refractivity contribution in [3.63, 3.8) is 0 Å². The molecule has 1 aromatic rings. The molecule has 1 aromatic heterocycles. The Bertz CT molecular complexity index is 447. The van der Waals surface area contributed by atoms with Crippen LogP contribution in [0, 0.1) is 5.92 Å². The fraction of sp³-hybridized carbons (Fsp3) is 0.733. The van der Waals surface area contributed by atoms with Gasteiger partial charge in [-0.25, -0.2) is 4.98 Å². The number of thiazole rings is 1. The van der Waals surface area contributed by atoms with Crippen molar-refractivity contribution >= 4 is 22.4 Å². The van der Waals surface area contributed by atoms with E-state index < -0.39 is 0 Å². The maximum Gasteiger partial charge on any atom is 0.306 e. The maximum atomic E-state index is 11.4. The molecule has 2 rings (SSSR count). The standard InChI is InChI=1S/C15H24N2O2S/c1-4-19-14(18)8-7-13-10-20-15(16-13)17-9-11(2)5-6-12(17)3/h10-12H,4-9H2,1-3H3. The van der Waals surface area contributed by atoms with Gasteiger partial charge in [-0.15, -0.1) is 11.3 Å². The van der Waals surface area contributed by atoms with Crippen LogP contribution in [0.4, 0.5) is 5.13 Å². The van der Waals surface area contributed by atoms with Crippen molar-refractivity contribution in [3.8, 4) is 0 Å². The SMILES string of the molecule is CCOC(=O)CCc1csc(N2CC(C)CCC2C)n1. The second-order valence-corrected chi connectivity index (χ2v) is 6.45. The van der Waals surface area contributed by atoms with E-state index in [4.69, 9.17) is 4.74 Å². The number of hydrogen-bond acceptors (Lipinski definition) is 5. The van der Waals surface area contributed by atoms with Crippen molar-refractivity contribution in [2.45, 2.75) is 52.5 Å². The summed E-state index contributed by atoms with van der Waals surface area (Å²) in [6, 6.07) is 0.565. The second kappa shape index (κ2) is 7.07. The van der Waals surface area contributed by atoms with E-state index in [0.717, 1.165) is 23.3 Å². The molecule has 1 saturated heterocycles. The Morgan fingerprint density at radius 2 is 2.30 bits per heavy atom. The molecule has 0 spiro atoms. The van der Waals surface area contributed by atoms with E-state index in [9.17, 15) is 4.79 Å². The lowest BCUT2D eigenvalue weighted by Gasteiger charge is -2.36. The molecule has 4 nitrogen and oxygen atoms in total. The number of aromatic nitrogens is 1. The van der Waals surface area contributed by atoms with E-state index >= 15 is 0 Å². The van der Waals surface area contributed by atoms with Crippen molar-refractivity contribution in [2.75, 3.05) is 18.1 Å². The van der Waals surface area contributed by atoms with Crippen molar-refractivity contribution < 1.29 is 9.53 Å². The van der Waals surface area contributed by atoms with Gasteiger partial charge in [-0.1, -0.05) is 6.92 Å². The predicted molar refractivity (Wildman–Crippen MR) is 82.3 cm³/mol. The van der Waals surface area contributed by atoms with E-state index in [1.54, 1.807) is 11.3 Å². The molecule has 20 heavy (non-hydrogen) atoms. The quantitative estimate of drug-likeness (QED) is 0.782. The first-order valence-corrected chi connectivity index (χ1v) is 8.34. The van der Waals surface area contributed by atoms with Crippen LogP contribution in [0.3, 0.4) is 0 Å². The van der Waals surface area contributed by atoms with Gasteiger partial charge >= 0.3 is 5.97 Å². The fourth-order valence-electron chi connectivity index (χ4n) is 2.56. The van der Waals surface area contributed by atoms with Crippen LogP contribution in [0.2, 0.25) is 0 Å². The number of carbonyl (C=O) groups is 1. The Labute approximate surface area is 125 Å². The van der Waals surface area contributed by atoms with E-state index in [-0.39, 0.29) is 5.97 Å². The van der Waals surface area contributed by atoms with Gasteiger partial charge in [-0.2, -0.15) is 0 Å². The Kier molecular flexibility index (Phi) is 5.40. The third-order valence-corrected chi connectivity index (χ3v) is 4.72. The summed E-state index contributed by atoms with van der Waals surface area (Å²) < 4.78 is 4.94. The molecular weight excluding hydrogens is 272 g/mol. The van der Waals surface area contributed by atoms with Crippen LogP contribution in [0.5, 0.6) is 0 Å². The molecule has 0 radical (unpaired) electrons. The number of hydrogen-bond donors (Lipinski definition) is 0. The summed E-state index contributed by atoms with van der Waals surface area (Å²) in [7, 11) is 0. The number of aryl methyl sites for hydroxylation is 1. The van der Waals surface area contributed by atoms with Gasteiger partial charge in [0.1, 0.15) is 0 Å². The average molecular weight is 296 g/mol. The molecule has 112 valence electrons. The highest BCUT2D eigenvalue weighted by Gasteiger charge is 2.25. The molecule has 5 heteroatoms. The highest BCUT2D eigenvalue weighted by Crippen LogP contribution is 2.30. The number of carbonyl (C=O) groups excluding carboxylic acids is 1. The van der Waals surface area contributed by atoms with Crippen LogP contribution >= 0.6 is 11.3 Å². The summed E-state index contributed by atoms with van der Waals surface area (Å²) in [4.78, 5) is 18.5. The zero-order valence-corrected chi connectivity index (χ0v) is 13.4. The molecule has 0 aliphatic carbocycles. The van der Waals surface area contributed by atoms with E-state index in [1.807, 2.05) is 6.92 Å². The topological polar surface area (TPSA) is 42.4 Å². The third kappa shape index (κ3) is 3.95. The van der Waals surface area contributed by atoms with Gasteiger partial charge in [0, 0.05) is 24.4 Å². The minimum absolute atomic E-state index is 0.137. The maximum absolute atomic E-state index is 11.4. The van der Waals surface area contributed by atoms with Crippen molar-refractivity contribution in [2.24, 2.45) is 5.92 Å². The summed E-state index contributed by atoms with van der Waals surface area (Å²) in [6.07, 6.45) is 3.63. The summed E-state index contributed by atoms with van der Waals surface area (Å²) in [6.45, 7) is 7.94. The van der Waals surface area contributed by atoms with Crippen LogP contribution in [-0.4, -0.2) is 30.1 Å². The van der Waals surface area contributed by atoms with Gasteiger partial charge in [0.15, 0.2) is 5.13 Å². The summed E-state index contributed by atoms with van der Waals surface area (Å²) >= 11 is 1.69. The molecule has 2 atom stereocenters. The molecule has 0 N–H and O–H groups in total. The minimum atomic E-state index is -0.137. The number of piperidine rings is 1. The van der Waals surface area contributed by atoms with Crippen LogP contribution in [0.25, 0.3) is 0 Å². The Morgan fingerprint density at radius 1 is 1.50 bits per heavy atom. The number of rotatable bonds is 5. The number of anilines is 1. The zero-order valence-electron chi connectivity index (χ0n) is 12.6. The second-order valence-electron chi connectivity index (χ2n) is 5.61. The molecular formula is C15H24N2O2S.